The van der Waals surface area contributed by atoms with Gasteiger partial charge in [0.25, 0.3) is 5.56 Å². The van der Waals surface area contributed by atoms with E-state index in [4.69, 9.17) is 5.11 Å². The van der Waals surface area contributed by atoms with Crippen molar-refractivity contribution >= 4 is 17.1 Å². The minimum Gasteiger partial charge on any atom is -0.478 e. The summed E-state index contributed by atoms with van der Waals surface area (Å²) < 4.78 is 2.96. The number of nitrogens with zero attached hydrogens (tertiary/aromatic N) is 5. The second-order valence-electron chi connectivity index (χ2n) is 5.71. The molecule has 0 unspecified atom stereocenters. The number of carboxylic acids is 1. The highest BCUT2D eigenvalue weighted by Gasteiger charge is 2.13. The van der Waals surface area contributed by atoms with Crippen molar-refractivity contribution in [1.29, 1.82) is 0 Å². The van der Waals surface area contributed by atoms with E-state index in [1.807, 2.05) is 30.3 Å². The smallest absolute Gasteiger partial charge is 0.338 e. The molecule has 9 heteroatoms. The predicted molar refractivity (Wildman–Crippen MR) is 92.4 cm³/mol. The maximum absolute atomic E-state index is 12.5. The van der Waals surface area contributed by atoms with E-state index >= 15 is 0 Å². The summed E-state index contributed by atoms with van der Waals surface area (Å²) in [5.41, 5.74) is 1.46. The van der Waals surface area contributed by atoms with Crippen molar-refractivity contribution in [2.75, 3.05) is 0 Å². The number of carboxylic acid groups (broad SMARTS) is 1. The number of aromatic nitrogens is 6. The van der Waals surface area contributed by atoms with Crippen LogP contribution in [0.3, 0.4) is 0 Å². The van der Waals surface area contributed by atoms with E-state index in [0.29, 0.717) is 12.1 Å². The summed E-state index contributed by atoms with van der Waals surface area (Å²) in [6, 6.07) is 9.95. The molecule has 130 valence electrons. The Morgan fingerprint density at radius 1 is 1.23 bits per heavy atom. The Kier molecular flexibility index (Phi) is 3.81. The lowest BCUT2D eigenvalue weighted by Gasteiger charge is -2.04. The third-order valence-corrected chi connectivity index (χ3v) is 4.00. The largest absolute Gasteiger partial charge is 0.478 e. The van der Waals surface area contributed by atoms with Gasteiger partial charge in [-0.15, -0.1) is 0 Å². The van der Waals surface area contributed by atoms with Crippen LogP contribution in [0.1, 0.15) is 15.9 Å². The van der Waals surface area contributed by atoms with Crippen LogP contribution >= 0.6 is 0 Å². The van der Waals surface area contributed by atoms with Crippen LogP contribution in [0, 0.1) is 0 Å². The zero-order chi connectivity index (χ0) is 18.1. The third-order valence-electron chi connectivity index (χ3n) is 4.00. The summed E-state index contributed by atoms with van der Waals surface area (Å²) in [7, 11) is 0. The quantitative estimate of drug-likeness (QED) is 0.559. The van der Waals surface area contributed by atoms with Crippen LogP contribution in [0.4, 0.5) is 0 Å². The first-order chi connectivity index (χ1) is 12.6. The summed E-state index contributed by atoms with van der Waals surface area (Å²) in [6.07, 6.45) is 4.80. The molecule has 0 aliphatic heterocycles. The Balaban J connectivity index is 1.66. The molecule has 4 aromatic rings. The van der Waals surface area contributed by atoms with Crippen molar-refractivity contribution in [3.8, 4) is 5.95 Å². The van der Waals surface area contributed by atoms with Gasteiger partial charge in [-0.05, 0) is 12.0 Å². The first-order valence-corrected chi connectivity index (χ1v) is 7.89. The van der Waals surface area contributed by atoms with Crippen molar-refractivity contribution < 1.29 is 9.90 Å². The number of H-pyrrole nitrogens is 1. The number of hydrogen-bond donors (Lipinski definition) is 2. The van der Waals surface area contributed by atoms with Crippen LogP contribution in [0.5, 0.6) is 0 Å². The van der Waals surface area contributed by atoms with Crippen molar-refractivity contribution in [1.82, 2.24) is 29.3 Å². The maximum atomic E-state index is 12.5. The Hall–Kier alpha value is -3.75. The fourth-order valence-corrected chi connectivity index (χ4v) is 2.70. The average molecular weight is 350 g/mol. The molecule has 0 amide bonds. The zero-order valence-corrected chi connectivity index (χ0v) is 13.5. The van der Waals surface area contributed by atoms with E-state index in [1.54, 1.807) is 10.9 Å². The minimum atomic E-state index is -1.11. The number of hydrogen-bond acceptors (Lipinski definition) is 5. The van der Waals surface area contributed by atoms with E-state index in [9.17, 15) is 9.59 Å². The number of aromatic carboxylic acids is 1. The van der Waals surface area contributed by atoms with Gasteiger partial charge >= 0.3 is 5.97 Å². The SMILES string of the molecule is O=C(O)c1cnn(-c2nc3ncn(CCc4ccccc4)c3c(=O)[nH]2)c1. The Bertz CT molecular complexity index is 1140. The lowest BCUT2D eigenvalue weighted by atomic mass is 10.1. The molecule has 0 aliphatic rings. The van der Waals surface area contributed by atoms with Crippen LogP contribution in [-0.4, -0.2) is 40.4 Å². The molecule has 26 heavy (non-hydrogen) atoms. The monoisotopic (exact) mass is 350 g/mol. The fraction of sp³-hybridized carbons (Fsp3) is 0.118. The first kappa shape index (κ1) is 15.8. The number of benzene rings is 1. The van der Waals surface area contributed by atoms with E-state index in [0.717, 1.165) is 12.0 Å². The lowest BCUT2D eigenvalue weighted by Crippen LogP contribution is -2.16. The van der Waals surface area contributed by atoms with E-state index in [2.05, 4.69) is 20.1 Å². The number of carbonyl (C=O) groups is 1. The number of aryl methyl sites for hydroxylation is 2. The summed E-state index contributed by atoms with van der Waals surface area (Å²) in [5.74, 6) is -0.992. The molecule has 1 aromatic carbocycles. The molecule has 0 atom stereocenters. The highest BCUT2D eigenvalue weighted by molar-refractivity contribution is 5.86. The molecular formula is C17H14N6O3. The molecule has 0 fully saturated rings. The highest BCUT2D eigenvalue weighted by Crippen LogP contribution is 2.10. The Labute approximate surface area is 146 Å². The van der Waals surface area contributed by atoms with Crippen LogP contribution in [0.25, 0.3) is 17.1 Å². The molecule has 0 saturated heterocycles. The normalized spacial score (nSPS) is 11.1. The van der Waals surface area contributed by atoms with Crippen LogP contribution in [0.15, 0.2) is 53.8 Å². The fourth-order valence-electron chi connectivity index (χ4n) is 2.70. The van der Waals surface area contributed by atoms with E-state index < -0.39 is 5.97 Å². The molecule has 0 spiro atoms. The van der Waals surface area contributed by atoms with Crippen LogP contribution in [0.2, 0.25) is 0 Å². The highest BCUT2D eigenvalue weighted by atomic mass is 16.4. The second-order valence-corrected chi connectivity index (χ2v) is 5.71. The van der Waals surface area contributed by atoms with Crippen LogP contribution < -0.4 is 5.56 Å². The molecule has 0 radical (unpaired) electrons. The van der Waals surface area contributed by atoms with Crippen LogP contribution in [-0.2, 0) is 13.0 Å². The van der Waals surface area contributed by atoms with Gasteiger partial charge in [-0.3, -0.25) is 9.78 Å². The Morgan fingerprint density at radius 2 is 2.04 bits per heavy atom. The van der Waals surface area contributed by atoms with Gasteiger partial charge in [0.2, 0.25) is 5.95 Å². The molecule has 0 bridgehead atoms. The van der Waals surface area contributed by atoms with Gasteiger partial charge < -0.3 is 9.67 Å². The minimum absolute atomic E-state index is 0.00105. The molecule has 2 N–H and O–H groups in total. The van der Waals surface area contributed by atoms with Gasteiger partial charge in [-0.25, -0.2) is 14.5 Å². The van der Waals surface area contributed by atoms with Crippen molar-refractivity contribution in [2.24, 2.45) is 0 Å². The topological polar surface area (TPSA) is 119 Å². The summed E-state index contributed by atoms with van der Waals surface area (Å²) in [6.45, 7) is 0.593. The molecule has 3 heterocycles. The number of fused-ring (bicyclic) bond motifs is 1. The van der Waals surface area contributed by atoms with Gasteiger partial charge in [0.05, 0.1) is 18.1 Å². The molecule has 3 aromatic heterocycles. The maximum Gasteiger partial charge on any atom is 0.338 e. The number of imidazole rings is 1. The zero-order valence-electron chi connectivity index (χ0n) is 13.5. The van der Waals surface area contributed by atoms with E-state index in [1.165, 1.54) is 17.1 Å². The molecular weight excluding hydrogens is 336 g/mol. The van der Waals surface area contributed by atoms with E-state index in [-0.39, 0.29) is 22.7 Å². The first-order valence-electron chi connectivity index (χ1n) is 7.89. The van der Waals surface area contributed by atoms with Gasteiger partial charge in [0, 0.05) is 12.7 Å². The van der Waals surface area contributed by atoms with Crippen molar-refractivity contribution in [3.63, 3.8) is 0 Å². The standard InChI is InChI=1S/C17H14N6O3/c24-15-13-14(18-10-22(13)7-6-11-4-2-1-3-5-11)20-17(21-15)23-9-12(8-19-23)16(25)26/h1-5,8-10H,6-7H2,(H,25,26)(H,20,21,24). The predicted octanol–water partition coefficient (Wildman–Crippen LogP) is 1.25. The van der Waals surface area contributed by atoms with Gasteiger partial charge in [0.1, 0.15) is 0 Å². The number of rotatable bonds is 5. The van der Waals surface area contributed by atoms with Crippen molar-refractivity contribution in [2.45, 2.75) is 13.0 Å². The van der Waals surface area contributed by atoms with Gasteiger partial charge in [-0.1, -0.05) is 30.3 Å². The summed E-state index contributed by atoms with van der Waals surface area (Å²) >= 11 is 0. The molecule has 0 aliphatic carbocycles. The Morgan fingerprint density at radius 3 is 2.77 bits per heavy atom. The molecule has 0 saturated carbocycles. The van der Waals surface area contributed by atoms with Gasteiger partial charge in [-0.2, -0.15) is 10.1 Å². The number of aromatic amines is 1. The lowest BCUT2D eigenvalue weighted by molar-refractivity contribution is 0.0697. The third kappa shape index (κ3) is 2.86. The summed E-state index contributed by atoms with van der Waals surface area (Å²) in [5, 5.41) is 12.9. The molecule has 4 rings (SSSR count). The summed E-state index contributed by atoms with van der Waals surface area (Å²) in [4.78, 5) is 34.5. The molecule has 9 nitrogen and oxygen atoms in total. The average Bonchev–Trinajstić information content (AvgIpc) is 3.28. The van der Waals surface area contributed by atoms with Gasteiger partial charge in [0.15, 0.2) is 11.2 Å². The second kappa shape index (κ2) is 6.28. The number of nitrogens with one attached hydrogen (secondary N) is 1. The van der Waals surface area contributed by atoms with Crippen molar-refractivity contribution in [3.05, 3.63) is 70.5 Å².